The summed E-state index contributed by atoms with van der Waals surface area (Å²) in [5.41, 5.74) is -2.11. The van der Waals surface area contributed by atoms with Crippen LogP contribution in [0.2, 0.25) is 0 Å². The molecule has 0 saturated carbocycles. The molecule has 0 aromatic heterocycles. The van der Waals surface area contributed by atoms with Gasteiger partial charge in [0.2, 0.25) is 5.91 Å². The maximum Gasteiger partial charge on any atom is 0.416 e. The highest BCUT2D eigenvalue weighted by molar-refractivity contribution is 6.00. The fourth-order valence-corrected chi connectivity index (χ4v) is 5.98. The van der Waals surface area contributed by atoms with E-state index < -0.39 is 41.2 Å². The van der Waals surface area contributed by atoms with E-state index in [4.69, 9.17) is 9.47 Å². The number of alkyl halides is 3. The van der Waals surface area contributed by atoms with Crippen LogP contribution in [0.5, 0.6) is 0 Å². The zero-order chi connectivity index (χ0) is 20.1. The molecule has 4 fully saturated rings. The lowest BCUT2D eigenvalue weighted by atomic mass is 9.63. The number of aryl methyl sites for hydroxylation is 1. The van der Waals surface area contributed by atoms with Gasteiger partial charge >= 0.3 is 6.18 Å². The van der Waals surface area contributed by atoms with Crippen LogP contribution in [0.1, 0.15) is 37.3 Å². The van der Waals surface area contributed by atoms with E-state index in [9.17, 15) is 23.1 Å². The Bertz CT molecular complexity index is 858. The van der Waals surface area contributed by atoms with Crippen LogP contribution < -0.4 is 4.90 Å². The minimum absolute atomic E-state index is 0.105. The number of aliphatic hydroxyl groups is 1. The van der Waals surface area contributed by atoms with Crippen LogP contribution in [0.25, 0.3) is 0 Å². The first-order chi connectivity index (χ1) is 13.1. The monoisotopic (exact) mass is 397 g/mol. The number of halogens is 3. The number of amides is 1. The average Bonchev–Trinajstić information content (AvgIpc) is 3.21. The molecule has 152 valence electrons. The third-order valence-electron chi connectivity index (χ3n) is 7.24. The second kappa shape index (κ2) is 5.49. The largest absolute Gasteiger partial charge is 0.416 e. The van der Waals surface area contributed by atoms with E-state index >= 15 is 0 Å². The first-order valence-electron chi connectivity index (χ1n) is 9.65. The topological polar surface area (TPSA) is 59.0 Å². The minimum atomic E-state index is -4.50. The van der Waals surface area contributed by atoms with Crippen molar-refractivity contribution in [3.05, 3.63) is 29.3 Å². The number of ether oxygens (including phenoxy) is 2. The zero-order valence-corrected chi connectivity index (χ0v) is 15.6. The average molecular weight is 397 g/mol. The molecule has 6 atom stereocenters. The Morgan fingerprint density at radius 2 is 2.11 bits per heavy atom. The number of anilines is 1. The van der Waals surface area contributed by atoms with Gasteiger partial charge in [0.15, 0.2) is 0 Å². The highest BCUT2D eigenvalue weighted by Gasteiger charge is 2.78. The molecule has 4 aliphatic heterocycles. The van der Waals surface area contributed by atoms with Gasteiger partial charge in [0.05, 0.1) is 35.7 Å². The van der Waals surface area contributed by atoms with E-state index in [2.05, 4.69) is 0 Å². The van der Waals surface area contributed by atoms with Crippen LogP contribution in [0.3, 0.4) is 0 Å². The van der Waals surface area contributed by atoms with Crippen molar-refractivity contribution in [3.8, 4) is 0 Å². The van der Waals surface area contributed by atoms with Crippen molar-refractivity contribution in [3.63, 3.8) is 0 Å². The lowest BCUT2D eigenvalue weighted by Gasteiger charge is -2.43. The summed E-state index contributed by atoms with van der Waals surface area (Å²) in [6.45, 7) is 3.60. The van der Waals surface area contributed by atoms with Gasteiger partial charge in [-0.15, -0.1) is 0 Å². The molecule has 5 rings (SSSR count). The van der Waals surface area contributed by atoms with Gasteiger partial charge in [0.25, 0.3) is 0 Å². The molecule has 1 aromatic carbocycles. The molecule has 4 saturated heterocycles. The number of carbonyl (C=O) groups is 1. The first kappa shape index (κ1) is 18.4. The molecular weight excluding hydrogens is 375 g/mol. The minimum Gasteiger partial charge on any atom is -0.390 e. The Labute approximate surface area is 160 Å². The SMILES string of the molecule is CC[C@@]12C[C@H](O)[C@]3(CCO[C@H]4[C@@H]3[C@@H]1C(=O)N4c1ccc(C)c(C(F)(F)F)c1)O2. The molecule has 0 unspecified atom stereocenters. The fourth-order valence-electron chi connectivity index (χ4n) is 5.98. The Hall–Kier alpha value is -1.64. The van der Waals surface area contributed by atoms with Gasteiger partial charge in [-0.3, -0.25) is 9.69 Å². The summed E-state index contributed by atoms with van der Waals surface area (Å²) >= 11 is 0. The van der Waals surface area contributed by atoms with Gasteiger partial charge in [0.1, 0.15) is 11.8 Å². The van der Waals surface area contributed by atoms with E-state index in [0.717, 1.165) is 6.07 Å². The third-order valence-corrected chi connectivity index (χ3v) is 7.24. The van der Waals surface area contributed by atoms with Crippen LogP contribution >= 0.6 is 0 Å². The molecule has 2 bridgehead atoms. The quantitative estimate of drug-likeness (QED) is 0.834. The van der Waals surface area contributed by atoms with Crippen LogP contribution in [-0.2, 0) is 20.4 Å². The van der Waals surface area contributed by atoms with Crippen LogP contribution in [0.15, 0.2) is 18.2 Å². The van der Waals surface area contributed by atoms with E-state index in [0.29, 0.717) is 19.3 Å². The molecule has 8 heteroatoms. The zero-order valence-electron chi connectivity index (χ0n) is 15.6. The van der Waals surface area contributed by atoms with Crippen molar-refractivity contribution in [2.45, 2.75) is 62.8 Å². The van der Waals surface area contributed by atoms with Crippen molar-refractivity contribution in [1.82, 2.24) is 0 Å². The van der Waals surface area contributed by atoms with Crippen LogP contribution in [0.4, 0.5) is 18.9 Å². The molecule has 28 heavy (non-hydrogen) atoms. The predicted molar refractivity (Wildman–Crippen MR) is 92.5 cm³/mol. The summed E-state index contributed by atoms with van der Waals surface area (Å²) in [6.07, 6.45) is -4.51. The highest BCUT2D eigenvalue weighted by atomic mass is 19.4. The molecule has 1 spiro atoms. The number of hydrogen-bond acceptors (Lipinski definition) is 4. The molecule has 0 radical (unpaired) electrons. The van der Waals surface area contributed by atoms with Gasteiger partial charge < -0.3 is 14.6 Å². The van der Waals surface area contributed by atoms with Crippen LogP contribution in [0, 0.1) is 18.8 Å². The number of aliphatic hydroxyl groups excluding tert-OH is 1. The lowest BCUT2D eigenvalue weighted by Crippen LogP contribution is -2.57. The summed E-state index contributed by atoms with van der Waals surface area (Å²) in [4.78, 5) is 14.8. The molecule has 1 amide bonds. The number of fused-ring (bicyclic) bond motifs is 2. The standard InChI is InChI=1S/C20H22F3NO4/c1-3-18-9-13(25)19(28-18)6-7-27-17-15(19)14(18)16(26)24(17)11-5-4-10(2)12(8-11)20(21,22)23/h4-5,8,13-15,17,25H,3,6-7,9H2,1-2H3/t13-,14+,15-,17-,18+,19-/m0/s1. The Balaban J connectivity index is 1.62. The molecular formula is C20H22F3NO4. The smallest absolute Gasteiger partial charge is 0.390 e. The van der Waals surface area contributed by atoms with Gasteiger partial charge in [0, 0.05) is 18.5 Å². The molecule has 0 aliphatic carbocycles. The summed E-state index contributed by atoms with van der Waals surface area (Å²) < 4.78 is 52.5. The Kier molecular flexibility index (Phi) is 3.61. The number of hydrogen-bond donors (Lipinski definition) is 1. The van der Waals surface area contributed by atoms with Crippen molar-refractivity contribution in [2.75, 3.05) is 11.5 Å². The fraction of sp³-hybridized carbons (Fsp3) is 0.650. The van der Waals surface area contributed by atoms with Crippen molar-refractivity contribution >= 4 is 11.6 Å². The number of rotatable bonds is 2. The van der Waals surface area contributed by atoms with Crippen LogP contribution in [-0.4, -0.2) is 41.2 Å². The van der Waals surface area contributed by atoms with Crippen molar-refractivity contribution in [2.24, 2.45) is 11.8 Å². The Morgan fingerprint density at radius 3 is 2.79 bits per heavy atom. The summed E-state index contributed by atoms with van der Waals surface area (Å²) in [5.74, 6) is -1.17. The number of benzene rings is 1. The first-order valence-corrected chi connectivity index (χ1v) is 9.65. The van der Waals surface area contributed by atoms with E-state index in [-0.39, 0.29) is 29.7 Å². The van der Waals surface area contributed by atoms with Gasteiger partial charge in [-0.2, -0.15) is 13.2 Å². The van der Waals surface area contributed by atoms with Crippen molar-refractivity contribution in [1.29, 1.82) is 0 Å². The molecule has 1 N–H and O–H groups in total. The highest BCUT2D eigenvalue weighted by Crippen LogP contribution is 2.66. The second-order valence-electron chi connectivity index (χ2n) is 8.42. The summed E-state index contributed by atoms with van der Waals surface area (Å²) in [7, 11) is 0. The number of carbonyl (C=O) groups excluding carboxylic acids is 1. The summed E-state index contributed by atoms with van der Waals surface area (Å²) in [6, 6.07) is 3.94. The molecule has 5 nitrogen and oxygen atoms in total. The van der Waals surface area contributed by atoms with E-state index in [1.54, 1.807) is 0 Å². The maximum absolute atomic E-state index is 13.4. The number of nitrogens with zero attached hydrogens (tertiary/aromatic N) is 1. The van der Waals surface area contributed by atoms with Gasteiger partial charge in [-0.25, -0.2) is 0 Å². The second-order valence-corrected chi connectivity index (χ2v) is 8.42. The molecule has 4 aliphatic rings. The molecule has 1 aromatic rings. The van der Waals surface area contributed by atoms with E-state index in [1.165, 1.54) is 24.0 Å². The predicted octanol–water partition coefficient (Wildman–Crippen LogP) is 3.02. The lowest BCUT2D eigenvalue weighted by molar-refractivity contribution is -0.165. The third kappa shape index (κ3) is 2.06. The summed E-state index contributed by atoms with van der Waals surface area (Å²) in [5, 5.41) is 10.7. The van der Waals surface area contributed by atoms with Crippen molar-refractivity contribution < 1.29 is 32.5 Å². The van der Waals surface area contributed by atoms with Gasteiger partial charge in [-0.1, -0.05) is 13.0 Å². The normalized spacial score (nSPS) is 41.6. The Morgan fingerprint density at radius 1 is 1.36 bits per heavy atom. The maximum atomic E-state index is 13.4. The van der Waals surface area contributed by atoms with E-state index in [1.807, 2.05) is 6.92 Å². The molecule has 4 heterocycles. The van der Waals surface area contributed by atoms with Gasteiger partial charge in [-0.05, 0) is 31.0 Å².